The normalized spacial score (nSPS) is 22.3. The van der Waals surface area contributed by atoms with Crippen molar-refractivity contribution < 1.29 is 63.1 Å². The SMILES string of the molecule is CC/C=C/C=C/C=C/C=C/CCCCCC(=O)OC(COC(=O)CCCCCCCCCCCCCCCCCCCCCC)COP(=O)(O)OC1C(O)C(O)C(O)[C@H](O)C1O. The summed E-state index contributed by atoms with van der Waals surface area (Å²) in [7, 11) is -5.13. The summed E-state index contributed by atoms with van der Waals surface area (Å²) in [4.78, 5) is 35.7. The molecule has 0 saturated heterocycles. The highest BCUT2D eigenvalue weighted by Crippen LogP contribution is 2.47. The first-order valence-corrected chi connectivity index (χ1v) is 25.5. The van der Waals surface area contributed by atoms with Gasteiger partial charge in [0.15, 0.2) is 6.10 Å². The predicted octanol–water partition coefficient (Wildman–Crippen LogP) is 9.56. The van der Waals surface area contributed by atoms with Gasteiger partial charge >= 0.3 is 19.8 Å². The molecule has 1 aliphatic rings. The molecule has 1 rings (SSSR count). The second kappa shape index (κ2) is 38.1. The molecule has 14 heteroatoms. The smallest absolute Gasteiger partial charge is 0.462 e. The number of phosphoric acid groups is 1. The van der Waals surface area contributed by atoms with E-state index in [4.69, 9.17) is 18.5 Å². The van der Waals surface area contributed by atoms with Crippen LogP contribution in [0.15, 0.2) is 48.6 Å². The highest BCUT2D eigenvalue weighted by atomic mass is 31.2. The second-order valence-corrected chi connectivity index (χ2v) is 18.1. The highest BCUT2D eigenvalue weighted by Gasteiger charge is 2.51. The zero-order valence-corrected chi connectivity index (χ0v) is 39.0. The van der Waals surface area contributed by atoms with Gasteiger partial charge < -0.3 is 39.9 Å². The summed E-state index contributed by atoms with van der Waals surface area (Å²) in [6.07, 6.45) is 31.8. The van der Waals surface area contributed by atoms with E-state index in [1.54, 1.807) is 0 Å². The molecule has 7 unspecified atom stereocenters. The lowest BCUT2D eigenvalue weighted by Crippen LogP contribution is -2.64. The number of phosphoric ester groups is 1. The Hall–Kier alpha value is -2.19. The Morgan fingerprint density at radius 2 is 0.919 bits per heavy atom. The van der Waals surface area contributed by atoms with Crippen LogP contribution in [0.2, 0.25) is 0 Å². The fourth-order valence-corrected chi connectivity index (χ4v) is 8.15. The van der Waals surface area contributed by atoms with E-state index in [1.807, 2.05) is 42.5 Å². The van der Waals surface area contributed by atoms with Crippen LogP contribution in [0.4, 0.5) is 0 Å². The van der Waals surface area contributed by atoms with Gasteiger partial charge in [0, 0.05) is 12.8 Å². The van der Waals surface area contributed by atoms with Gasteiger partial charge in [-0.15, -0.1) is 0 Å². The molecule has 0 aromatic rings. The monoisotopic (exact) mass is 901 g/mol. The van der Waals surface area contributed by atoms with Crippen molar-refractivity contribution in [3.63, 3.8) is 0 Å². The van der Waals surface area contributed by atoms with Crippen molar-refractivity contribution in [1.82, 2.24) is 0 Å². The molecule has 1 fully saturated rings. The molecule has 62 heavy (non-hydrogen) atoms. The summed E-state index contributed by atoms with van der Waals surface area (Å²) in [5, 5.41) is 50.1. The van der Waals surface area contributed by atoms with Gasteiger partial charge in [-0.25, -0.2) is 4.57 Å². The van der Waals surface area contributed by atoms with Crippen molar-refractivity contribution in [2.45, 2.75) is 230 Å². The molecule has 1 saturated carbocycles. The van der Waals surface area contributed by atoms with Gasteiger partial charge in [0.25, 0.3) is 0 Å². The van der Waals surface area contributed by atoms with E-state index in [-0.39, 0.29) is 12.8 Å². The molecule has 0 amide bonds. The van der Waals surface area contributed by atoms with E-state index in [0.29, 0.717) is 12.8 Å². The summed E-state index contributed by atoms with van der Waals surface area (Å²) in [5.74, 6) is -1.14. The number of hydrogen-bond acceptors (Lipinski definition) is 12. The molecule has 13 nitrogen and oxygen atoms in total. The number of carbonyl (C=O) groups is 2. The topological polar surface area (TPSA) is 210 Å². The third-order valence-corrected chi connectivity index (χ3v) is 12.0. The Labute approximate surface area is 373 Å². The average molecular weight is 901 g/mol. The molecular weight excluding hydrogens is 815 g/mol. The Balaban J connectivity index is 2.41. The molecule has 8 atom stereocenters. The van der Waals surface area contributed by atoms with E-state index < -0.39 is 75.7 Å². The Bertz CT molecular complexity index is 1270. The van der Waals surface area contributed by atoms with Crippen molar-refractivity contribution in [3.8, 4) is 0 Å². The minimum atomic E-state index is -5.13. The lowest BCUT2D eigenvalue weighted by atomic mass is 9.85. The zero-order chi connectivity index (χ0) is 45.7. The number of carbonyl (C=O) groups excluding carboxylic acids is 2. The largest absolute Gasteiger partial charge is 0.472 e. The van der Waals surface area contributed by atoms with E-state index in [0.717, 1.165) is 44.9 Å². The molecular formula is C48H85O13P. The molecule has 360 valence electrons. The maximum atomic E-state index is 12.8. The number of aliphatic hydroxyl groups excluding tert-OH is 5. The van der Waals surface area contributed by atoms with Gasteiger partial charge in [-0.1, -0.05) is 191 Å². The van der Waals surface area contributed by atoms with E-state index in [1.165, 1.54) is 103 Å². The number of aliphatic hydroxyl groups is 5. The van der Waals surface area contributed by atoms with Crippen molar-refractivity contribution >= 4 is 19.8 Å². The summed E-state index contributed by atoms with van der Waals surface area (Å²) in [6.45, 7) is 3.13. The van der Waals surface area contributed by atoms with Crippen LogP contribution < -0.4 is 0 Å². The number of hydrogen-bond donors (Lipinski definition) is 6. The Kier molecular flexibility index (Phi) is 35.5. The van der Waals surface area contributed by atoms with Gasteiger partial charge in [0.1, 0.15) is 43.2 Å². The first-order valence-electron chi connectivity index (χ1n) is 24.0. The molecule has 0 aromatic carbocycles. The third-order valence-electron chi connectivity index (χ3n) is 11.0. The van der Waals surface area contributed by atoms with Crippen LogP contribution in [0, 0.1) is 0 Å². The fraction of sp³-hybridized carbons (Fsp3) is 0.792. The predicted molar refractivity (Wildman–Crippen MR) is 244 cm³/mol. The van der Waals surface area contributed by atoms with Crippen LogP contribution in [0.5, 0.6) is 0 Å². The fourth-order valence-electron chi connectivity index (χ4n) is 7.18. The molecule has 1 aliphatic carbocycles. The molecule has 0 aromatic heterocycles. The van der Waals surface area contributed by atoms with E-state index >= 15 is 0 Å². The molecule has 6 N–H and O–H groups in total. The van der Waals surface area contributed by atoms with Crippen molar-refractivity contribution in [2.24, 2.45) is 0 Å². The highest BCUT2D eigenvalue weighted by molar-refractivity contribution is 7.47. The number of unbranched alkanes of at least 4 members (excludes halogenated alkanes) is 22. The standard InChI is InChI=1S/C48H85O13P/c1-3-5-7-9-11-13-15-17-18-19-20-21-22-23-25-26-28-30-32-34-36-41(49)58-38-40(39-59-62(56,57)61-48-46(54)44(52)43(51)45(53)47(48)55)60-42(50)37-35-33-31-29-27-24-16-14-12-10-8-6-4-2/h6,8,10,12,14,16,24,27,40,43-48,51-55H,3-5,7,9,11,13,15,17-23,25-26,28-39H2,1-2H3,(H,56,57)/b8-6+,12-10+,16-14+,27-24+/t40?,43?,44-,45?,46?,47?,48?/m0/s1. The average Bonchev–Trinajstić information content (AvgIpc) is 3.25. The number of esters is 2. The number of ether oxygens (including phenoxy) is 2. The molecule has 0 heterocycles. The second-order valence-electron chi connectivity index (χ2n) is 16.7. The third kappa shape index (κ3) is 30.0. The Morgan fingerprint density at radius 1 is 0.516 bits per heavy atom. The maximum absolute atomic E-state index is 12.8. The minimum Gasteiger partial charge on any atom is -0.462 e. The van der Waals surface area contributed by atoms with Gasteiger partial charge in [-0.3, -0.25) is 18.6 Å². The zero-order valence-electron chi connectivity index (χ0n) is 38.2. The maximum Gasteiger partial charge on any atom is 0.472 e. The van der Waals surface area contributed by atoms with Crippen molar-refractivity contribution in [1.29, 1.82) is 0 Å². The van der Waals surface area contributed by atoms with Gasteiger partial charge in [0.2, 0.25) is 0 Å². The van der Waals surface area contributed by atoms with Crippen LogP contribution >= 0.6 is 7.82 Å². The van der Waals surface area contributed by atoms with Gasteiger partial charge in [-0.2, -0.15) is 0 Å². The minimum absolute atomic E-state index is 0.0510. The van der Waals surface area contributed by atoms with Gasteiger partial charge in [-0.05, 0) is 32.1 Å². The lowest BCUT2D eigenvalue weighted by molar-refractivity contribution is -0.220. The lowest BCUT2D eigenvalue weighted by Gasteiger charge is -2.41. The van der Waals surface area contributed by atoms with Crippen molar-refractivity contribution in [3.05, 3.63) is 48.6 Å². The van der Waals surface area contributed by atoms with Crippen LogP contribution in [0.25, 0.3) is 0 Å². The summed E-state index contributed by atoms with van der Waals surface area (Å²) < 4.78 is 33.5. The van der Waals surface area contributed by atoms with Crippen LogP contribution in [0.1, 0.15) is 187 Å². The first kappa shape index (κ1) is 57.8. The van der Waals surface area contributed by atoms with Gasteiger partial charge in [0.05, 0.1) is 6.61 Å². The Morgan fingerprint density at radius 3 is 1.40 bits per heavy atom. The quantitative estimate of drug-likeness (QED) is 0.0147. The summed E-state index contributed by atoms with van der Waals surface area (Å²) in [5.41, 5.74) is 0. The number of rotatable bonds is 39. The van der Waals surface area contributed by atoms with Crippen molar-refractivity contribution in [2.75, 3.05) is 13.2 Å². The first-order chi connectivity index (χ1) is 29.9. The van der Waals surface area contributed by atoms with Crippen LogP contribution in [-0.2, 0) is 32.7 Å². The molecule has 0 spiro atoms. The molecule has 0 aliphatic heterocycles. The summed E-state index contributed by atoms with van der Waals surface area (Å²) >= 11 is 0. The van der Waals surface area contributed by atoms with E-state index in [2.05, 4.69) is 19.9 Å². The van der Waals surface area contributed by atoms with E-state index in [9.17, 15) is 44.6 Å². The van der Waals surface area contributed by atoms with Crippen LogP contribution in [0.3, 0.4) is 0 Å². The summed E-state index contributed by atoms with van der Waals surface area (Å²) in [6, 6.07) is 0. The molecule has 0 radical (unpaired) electrons. The van der Waals surface area contributed by atoms with Crippen LogP contribution in [-0.4, -0.2) is 98.3 Å². The molecule has 0 bridgehead atoms. The number of allylic oxidation sites excluding steroid dienone is 8.